The van der Waals surface area contributed by atoms with Crippen LogP contribution in [0.1, 0.15) is 57.5 Å². The van der Waals surface area contributed by atoms with Crippen LogP contribution >= 0.6 is 23.2 Å². The minimum absolute atomic E-state index is 0.0559. The number of carbonyl (C=O) groups excluding carboxylic acids is 2. The van der Waals surface area contributed by atoms with Gasteiger partial charge in [-0.3, -0.25) is 19.5 Å². The lowest BCUT2D eigenvalue weighted by Crippen LogP contribution is -2.52. The zero-order chi connectivity index (χ0) is 36.6. The summed E-state index contributed by atoms with van der Waals surface area (Å²) in [6, 6.07) is 14.5. The number of carbonyl (C=O) groups is 2. The highest BCUT2D eigenvalue weighted by atomic mass is 35.5. The van der Waals surface area contributed by atoms with Crippen LogP contribution in [0.25, 0.3) is 16.7 Å². The first-order chi connectivity index (χ1) is 25.1. The number of nitriles is 1. The number of oxazole rings is 1. The van der Waals surface area contributed by atoms with E-state index in [1.54, 1.807) is 43.7 Å². The molecule has 0 spiro atoms. The number of ether oxygens (including phenoxy) is 2. The Morgan fingerprint density at radius 1 is 1.21 bits per heavy atom. The Morgan fingerprint density at radius 2 is 2.00 bits per heavy atom. The first-order valence-corrected chi connectivity index (χ1v) is 17.6. The number of aromatic nitrogens is 2. The summed E-state index contributed by atoms with van der Waals surface area (Å²) in [4.78, 5) is 36.9. The lowest BCUT2D eigenvalue weighted by Gasteiger charge is -2.38. The van der Waals surface area contributed by atoms with Crippen molar-refractivity contribution in [1.29, 1.82) is 5.26 Å². The molecule has 3 heterocycles. The van der Waals surface area contributed by atoms with Crippen molar-refractivity contribution >= 4 is 51.8 Å². The Hall–Kier alpha value is -4.64. The van der Waals surface area contributed by atoms with Crippen molar-refractivity contribution in [3.05, 3.63) is 111 Å². The smallest absolute Gasteiger partial charge is 0.302 e. The SMILES string of the molecule is COCc1cc(C(=O)NC2(c3nc4cc(CN5CC(OC(C)=O)C5)cc(C#N)c4o3)C=CC=C(c3ccccc3Cl)C2Cl)ncc1CN[C@@H]1C[C@@H]1F. The molecule has 52 heavy (non-hydrogen) atoms. The molecule has 1 saturated heterocycles. The second kappa shape index (κ2) is 14.8. The monoisotopic (exact) mass is 744 g/mol. The fourth-order valence-corrected chi connectivity index (χ4v) is 7.26. The highest BCUT2D eigenvalue weighted by Crippen LogP contribution is 2.44. The molecule has 0 bridgehead atoms. The van der Waals surface area contributed by atoms with E-state index < -0.39 is 23.0 Å². The summed E-state index contributed by atoms with van der Waals surface area (Å²) in [5.74, 6) is -0.833. The lowest BCUT2D eigenvalue weighted by atomic mass is 9.82. The largest absolute Gasteiger partial charge is 0.460 e. The normalized spacial score (nSPS) is 22.8. The number of amides is 1. The van der Waals surface area contributed by atoms with E-state index in [9.17, 15) is 19.2 Å². The molecule has 14 heteroatoms. The van der Waals surface area contributed by atoms with E-state index in [0.717, 1.165) is 11.1 Å². The van der Waals surface area contributed by atoms with Gasteiger partial charge in [-0.25, -0.2) is 9.37 Å². The van der Waals surface area contributed by atoms with E-state index in [0.29, 0.717) is 59.8 Å². The van der Waals surface area contributed by atoms with Gasteiger partial charge in [0.05, 0.1) is 17.5 Å². The second-order valence-corrected chi connectivity index (χ2v) is 14.0. The van der Waals surface area contributed by atoms with E-state index >= 15 is 0 Å². The van der Waals surface area contributed by atoms with Gasteiger partial charge in [-0.05, 0) is 64.6 Å². The highest BCUT2D eigenvalue weighted by Gasteiger charge is 2.47. The van der Waals surface area contributed by atoms with Crippen molar-refractivity contribution in [3.63, 3.8) is 0 Å². The van der Waals surface area contributed by atoms with E-state index in [1.165, 1.54) is 6.92 Å². The molecule has 1 saturated carbocycles. The second-order valence-electron chi connectivity index (χ2n) is 13.2. The number of pyridine rings is 1. The summed E-state index contributed by atoms with van der Waals surface area (Å²) < 4.78 is 30.6. The number of methoxy groups -OCH3 is 1. The number of rotatable bonds is 12. The van der Waals surface area contributed by atoms with Crippen LogP contribution in [0.15, 0.2) is 71.3 Å². The van der Waals surface area contributed by atoms with Crippen LogP contribution in [0.2, 0.25) is 5.02 Å². The van der Waals surface area contributed by atoms with Gasteiger partial charge in [0.15, 0.2) is 11.1 Å². The van der Waals surface area contributed by atoms with Crippen LogP contribution in [-0.2, 0) is 39.5 Å². The van der Waals surface area contributed by atoms with Crippen molar-refractivity contribution in [2.75, 3.05) is 20.2 Å². The fraction of sp³-hybridized carbons (Fsp3) is 0.342. The Morgan fingerprint density at radius 3 is 2.71 bits per heavy atom. The first-order valence-electron chi connectivity index (χ1n) is 16.8. The van der Waals surface area contributed by atoms with E-state index in [-0.39, 0.29) is 47.5 Å². The summed E-state index contributed by atoms with van der Waals surface area (Å²) in [5.41, 5.74) is 3.02. The van der Waals surface area contributed by atoms with Crippen molar-refractivity contribution in [3.8, 4) is 6.07 Å². The van der Waals surface area contributed by atoms with Gasteiger partial charge in [0, 0.05) is 57.5 Å². The predicted molar refractivity (Wildman–Crippen MR) is 192 cm³/mol. The molecule has 2 unspecified atom stereocenters. The van der Waals surface area contributed by atoms with Crippen LogP contribution in [0, 0.1) is 11.3 Å². The number of hydrogen-bond acceptors (Lipinski definition) is 10. The third kappa shape index (κ3) is 7.20. The summed E-state index contributed by atoms with van der Waals surface area (Å²) in [6.45, 7) is 3.61. The zero-order valence-electron chi connectivity index (χ0n) is 28.4. The van der Waals surface area contributed by atoms with Gasteiger partial charge in [-0.15, -0.1) is 11.6 Å². The fourth-order valence-electron chi connectivity index (χ4n) is 6.61. The van der Waals surface area contributed by atoms with Crippen molar-refractivity contribution in [1.82, 2.24) is 25.5 Å². The summed E-state index contributed by atoms with van der Waals surface area (Å²) in [6.07, 6.45) is 6.29. The third-order valence-electron chi connectivity index (χ3n) is 9.38. The standard InChI is InChI=1S/C38H35Cl2FN6O5/c1-21(48)51-26-18-47(19-26)17-22-10-23(14-42)34-32(11-22)45-37(52-34)38(9-5-7-28(35(38)40)27-6-3-4-8-29(27)39)46-36(49)33-12-24(20-50-2)25(16-44-33)15-43-31-13-30(31)41/h3-12,16,26,30-31,35,43H,13,15,17-20H2,1-2H3,(H,46,49)/t30-,31+,35?,38?/m0/s1. The maximum atomic E-state index is 14.2. The van der Waals surface area contributed by atoms with E-state index in [4.69, 9.17) is 42.1 Å². The number of benzene rings is 2. The Balaban J connectivity index is 1.24. The number of nitrogens with one attached hydrogen (secondary N) is 2. The minimum atomic E-state index is -1.56. The number of likely N-dealkylation sites (tertiary alicyclic amines) is 1. The Kier molecular flexibility index (Phi) is 10.2. The van der Waals surface area contributed by atoms with Gasteiger partial charge < -0.3 is 24.5 Å². The molecule has 11 nitrogen and oxygen atoms in total. The molecule has 2 aromatic heterocycles. The molecule has 4 aromatic rings. The minimum Gasteiger partial charge on any atom is -0.460 e. The average molecular weight is 746 g/mol. The Bertz CT molecular complexity index is 2140. The third-order valence-corrected chi connectivity index (χ3v) is 10.3. The summed E-state index contributed by atoms with van der Waals surface area (Å²) in [5, 5.41) is 15.9. The van der Waals surface area contributed by atoms with Gasteiger partial charge in [-0.1, -0.05) is 42.0 Å². The molecule has 268 valence electrons. The zero-order valence-corrected chi connectivity index (χ0v) is 29.9. The van der Waals surface area contributed by atoms with Crippen molar-refractivity contribution in [2.45, 2.75) is 62.3 Å². The molecule has 3 aliphatic rings. The van der Waals surface area contributed by atoms with Crippen molar-refractivity contribution < 1.29 is 27.9 Å². The molecule has 0 radical (unpaired) electrons. The number of fused-ring (bicyclic) bond motifs is 1. The van der Waals surface area contributed by atoms with Crippen LogP contribution < -0.4 is 10.6 Å². The molecule has 1 aliphatic heterocycles. The first kappa shape index (κ1) is 35.7. The average Bonchev–Trinajstić information content (AvgIpc) is 3.64. The molecule has 2 fully saturated rings. The molecule has 2 aromatic carbocycles. The molecule has 4 atom stereocenters. The molecular weight excluding hydrogens is 710 g/mol. The maximum absolute atomic E-state index is 14.2. The highest BCUT2D eigenvalue weighted by molar-refractivity contribution is 6.34. The maximum Gasteiger partial charge on any atom is 0.302 e. The van der Waals surface area contributed by atoms with Crippen LogP contribution in [0.3, 0.4) is 0 Å². The van der Waals surface area contributed by atoms with Gasteiger partial charge in [0.1, 0.15) is 29.6 Å². The topological polar surface area (TPSA) is 143 Å². The molecule has 1 amide bonds. The van der Waals surface area contributed by atoms with Gasteiger partial charge in [0.25, 0.3) is 5.91 Å². The van der Waals surface area contributed by atoms with Gasteiger partial charge in [-0.2, -0.15) is 5.26 Å². The Labute approximate surface area is 309 Å². The summed E-state index contributed by atoms with van der Waals surface area (Å²) in [7, 11) is 1.55. The number of hydrogen-bond donors (Lipinski definition) is 2. The van der Waals surface area contributed by atoms with Crippen LogP contribution in [0.4, 0.5) is 4.39 Å². The van der Waals surface area contributed by atoms with Gasteiger partial charge >= 0.3 is 5.97 Å². The van der Waals surface area contributed by atoms with E-state index in [2.05, 4.69) is 26.6 Å². The molecule has 2 aliphatic carbocycles. The molecular formula is C38H35Cl2FN6O5. The number of alkyl halides is 2. The number of nitrogens with zero attached hydrogens (tertiary/aromatic N) is 4. The van der Waals surface area contributed by atoms with E-state index in [1.807, 2.05) is 30.3 Å². The number of allylic oxidation sites excluding steroid dienone is 2. The number of esters is 1. The molecule has 2 N–H and O–H groups in total. The number of halogens is 3. The lowest BCUT2D eigenvalue weighted by molar-refractivity contribution is -0.155. The quantitative estimate of drug-likeness (QED) is 0.137. The van der Waals surface area contributed by atoms with Crippen molar-refractivity contribution in [2.24, 2.45) is 0 Å². The van der Waals surface area contributed by atoms with Crippen LogP contribution in [-0.4, -0.2) is 70.6 Å². The summed E-state index contributed by atoms with van der Waals surface area (Å²) >= 11 is 14.0. The van der Waals surface area contributed by atoms with Gasteiger partial charge in [0.2, 0.25) is 5.89 Å². The predicted octanol–water partition coefficient (Wildman–Crippen LogP) is 5.73. The van der Waals surface area contributed by atoms with Crippen LogP contribution in [0.5, 0.6) is 0 Å². The molecule has 7 rings (SSSR count).